The van der Waals surface area contributed by atoms with Gasteiger partial charge in [0.1, 0.15) is 0 Å². The van der Waals surface area contributed by atoms with Gasteiger partial charge < -0.3 is 9.80 Å². The van der Waals surface area contributed by atoms with Crippen LogP contribution in [0.1, 0.15) is 22.5 Å². The van der Waals surface area contributed by atoms with Crippen molar-refractivity contribution in [2.45, 2.75) is 18.9 Å². The highest BCUT2D eigenvalue weighted by Gasteiger charge is 2.25. The van der Waals surface area contributed by atoms with Crippen LogP contribution in [0.4, 0.5) is 0 Å². The van der Waals surface area contributed by atoms with E-state index in [0.29, 0.717) is 6.04 Å². The minimum atomic E-state index is 0.196. The van der Waals surface area contributed by atoms with Gasteiger partial charge >= 0.3 is 0 Å². The summed E-state index contributed by atoms with van der Waals surface area (Å²) in [5.74, 6) is 0.196. The summed E-state index contributed by atoms with van der Waals surface area (Å²) in [6.45, 7) is 1.77. The molecule has 2 rings (SSSR count). The highest BCUT2D eigenvalue weighted by molar-refractivity contribution is 7.12. The molecule has 1 saturated heterocycles. The van der Waals surface area contributed by atoms with Crippen molar-refractivity contribution in [3.63, 3.8) is 0 Å². The van der Waals surface area contributed by atoms with E-state index >= 15 is 0 Å². The Balaban J connectivity index is 2.02. The molecule has 1 aliphatic rings. The first-order chi connectivity index (χ1) is 7.68. The second kappa shape index (κ2) is 4.97. The van der Waals surface area contributed by atoms with Gasteiger partial charge in [0.2, 0.25) is 0 Å². The molecular formula is C12H18N2OS. The molecule has 4 heteroatoms. The third kappa shape index (κ3) is 2.44. The Labute approximate surface area is 101 Å². The molecule has 88 valence electrons. The van der Waals surface area contributed by atoms with Crippen LogP contribution in [0.25, 0.3) is 0 Å². The van der Waals surface area contributed by atoms with Crippen molar-refractivity contribution in [2.24, 2.45) is 0 Å². The average Bonchev–Trinajstić information content (AvgIpc) is 2.81. The lowest BCUT2D eigenvalue weighted by molar-refractivity contribution is 0.0640. The van der Waals surface area contributed by atoms with Gasteiger partial charge in [-0.1, -0.05) is 6.07 Å². The molecule has 3 nitrogen and oxygen atoms in total. The number of nitrogens with zero attached hydrogens (tertiary/aromatic N) is 2. The first-order valence-corrected chi connectivity index (χ1v) is 6.55. The smallest absolute Gasteiger partial charge is 0.263 e. The van der Waals surface area contributed by atoms with Gasteiger partial charge in [-0.05, 0) is 38.4 Å². The van der Waals surface area contributed by atoms with Gasteiger partial charge in [0.15, 0.2) is 0 Å². The molecule has 2 heterocycles. The standard InChI is InChI=1S/C12H18N2OS/c1-13(2)10-5-3-7-14(9-10)12(15)11-6-4-8-16-11/h4,6,8,10H,3,5,7,9H2,1-2H3. The maximum absolute atomic E-state index is 12.1. The monoisotopic (exact) mass is 238 g/mol. The maximum Gasteiger partial charge on any atom is 0.263 e. The number of amides is 1. The van der Waals surface area contributed by atoms with E-state index < -0.39 is 0 Å². The number of likely N-dealkylation sites (N-methyl/N-ethyl adjacent to an activating group) is 1. The van der Waals surface area contributed by atoms with Crippen molar-refractivity contribution >= 4 is 17.2 Å². The average molecular weight is 238 g/mol. The number of hydrogen-bond donors (Lipinski definition) is 0. The van der Waals surface area contributed by atoms with Crippen LogP contribution in [-0.4, -0.2) is 48.9 Å². The number of thiophene rings is 1. The summed E-state index contributed by atoms with van der Waals surface area (Å²) >= 11 is 1.53. The zero-order valence-electron chi connectivity index (χ0n) is 9.85. The third-order valence-corrected chi connectivity index (χ3v) is 4.00. The van der Waals surface area contributed by atoms with Crippen LogP contribution in [0.2, 0.25) is 0 Å². The van der Waals surface area contributed by atoms with Crippen LogP contribution in [0.5, 0.6) is 0 Å². The Kier molecular flexibility index (Phi) is 3.61. The minimum absolute atomic E-state index is 0.196. The molecule has 0 bridgehead atoms. The Morgan fingerprint density at radius 3 is 3.00 bits per heavy atom. The molecule has 1 fully saturated rings. The van der Waals surface area contributed by atoms with Gasteiger partial charge in [-0.25, -0.2) is 0 Å². The Hall–Kier alpha value is -0.870. The number of carbonyl (C=O) groups is 1. The molecule has 1 aliphatic heterocycles. The molecule has 1 amide bonds. The molecule has 1 atom stereocenters. The van der Waals surface area contributed by atoms with E-state index in [0.717, 1.165) is 24.4 Å². The molecule has 1 aromatic rings. The van der Waals surface area contributed by atoms with E-state index in [1.165, 1.54) is 17.8 Å². The lowest BCUT2D eigenvalue weighted by Crippen LogP contribution is -2.47. The lowest BCUT2D eigenvalue weighted by Gasteiger charge is -2.35. The van der Waals surface area contributed by atoms with Crippen LogP contribution in [0, 0.1) is 0 Å². The van der Waals surface area contributed by atoms with Crippen molar-refractivity contribution in [1.29, 1.82) is 0 Å². The van der Waals surface area contributed by atoms with E-state index in [1.54, 1.807) is 0 Å². The van der Waals surface area contributed by atoms with Gasteiger partial charge in [0, 0.05) is 19.1 Å². The van der Waals surface area contributed by atoms with Gasteiger partial charge in [0.25, 0.3) is 5.91 Å². The molecule has 0 radical (unpaired) electrons. The summed E-state index contributed by atoms with van der Waals surface area (Å²) in [6, 6.07) is 4.36. The fourth-order valence-corrected chi connectivity index (χ4v) is 2.81. The molecule has 16 heavy (non-hydrogen) atoms. The van der Waals surface area contributed by atoms with Crippen molar-refractivity contribution in [2.75, 3.05) is 27.2 Å². The largest absolute Gasteiger partial charge is 0.336 e. The number of likely N-dealkylation sites (tertiary alicyclic amines) is 1. The molecular weight excluding hydrogens is 220 g/mol. The van der Waals surface area contributed by atoms with E-state index in [2.05, 4.69) is 19.0 Å². The second-order valence-corrected chi connectivity index (χ2v) is 5.44. The first kappa shape index (κ1) is 11.6. The molecule has 1 aromatic heterocycles. The van der Waals surface area contributed by atoms with E-state index in [-0.39, 0.29) is 5.91 Å². The van der Waals surface area contributed by atoms with Crippen molar-refractivity contribution < 1.29 is 4.79 Å². The maximum atomic E-state index is 12.1. The van der Waals surface area contributed by atoms with Gasteiger partial charge in [-0.2, -0.15) is 0 Å². The van der Waals surface area contributed by atoms with Gasteiger partial charge in [-0.15, -0.1) is 11.3 Å². The van der Waals surface area contributed by atoms with Crippen LogP contribution in [-0.2, 0) is 0 Å². The summed E-state index contributed by atoms with van der Waals surface area (Å²) in [5, 5.41) is 1.96. The summed E-state index contributed by atoms with van der Waals surface area (Å²) in [6.07, 6.45) is 2.31. The highest BCUT2D eigenvalue weighted by atomic mass is 32.1. The zero-order valence-corrected chi connectivity index (χ0v) is 10.7. The zero-order chi connectivity index (χ0) is 11.5. The summed E-state index contributed by atoms with van der Waals surface area (Å²) in [7, 11) is 4.17. The summed E-state index contributed by atoms with van der Waals surface area (Å²) in [5.41, 5.74) is 0. The van der Waals surface area contributed by atoms with Crippen LogP contribution < -0.4 is 0 Å². The Bertz CT molecular complexity index is 348. The minimum Gasteiger partial charge on any atom is -0.336 e. The van der Waals surface area contributed by atoms with Crippen molar-refractivity contribution in [1.82, 2.24) is 9.80 Å². The number of piperidine rings is 1. The van der Waals surface area contributed by atoms with Crippen LogP contribution in [0.15, 0.2) is 17.5 Å². The summed E-state index contributed by atoms with van der Waals surface area (Å²) in [4.78, 5) is 17.2. The predicted molar refractivity (Wildman–Crippen MR) is 66.9 cm³/mol. The Morgan fingerprint density at radius 2 is 2.38 bits per heavy atom. The first-order valence-electron chi connectivity index (χ1n) is 5.67. The normalized spacial score (nSPS) is 21.4. The molecule has 1 unspecified atom stereocenters. The molecule has 0 saturated carbocycles. The molecule has 0 spiro atoms. The third-order valence-electron chi connectivity index (χ3n) is 3.15. The van der Waals surface area contributed by atoms with E-state index in [1.807, 2.05) is 22.4 Å². The van der Waals surface area contributed by atoms with Crippen molar-refractivity contribution in [3.05, 3.63) is 22.4 Å². The lowest BCUT2D eigenvalue weighted by atomic mass is 10.0. The van der Waals surface area contributed by atoms with Crippen molar-refractivity contribution in [3.8, 4) is 0 Å². The van der Waals surface area contributed by atoms with E-state index in [4.69, 9.17) is 0 Å². The van der Waals surface area contributed by atoms with Gasteiger partial charge in [-0.3, -0.25) is 4.79 Å². The Morgan fingerprint density at radius 1 is 1.56 bits per heavy atom. The summed E-state index contributed by atoms with van der Waals surface area (Å²) < 4.78 is 0. The molecule has 0 aromatic carbocycles. The predicted octanol–water partition coefficient (Wildman–Crippen LogP) is 1.91. The van der Waals surface area contributed by atoms with Gasteiger partial charge in [0.05, 0.1) is 4.88 Å². The number of carbonyl (C=O) groups excluding carboxylic acids is 1. The molecule has 0 N–H and O–H groups in total. The highest BCUT2D eigenvalue weighted by Crippen LogP contribution is 2.18. The fourth-order valence-electron chi connectivity index (χ4n) is 2.12. The van der Waals surface area contributed by atoms with Crippen LogP contribution >= 0.6 is 11.3 Å². The second-order valence-electron chi connectivity index (χ2n) is 4.49. The number of rotatable bonds is 2. The quantitative estimate of drug-likeness (QED) is 0.786. The van der Waals surface area contributed by atoms with E-state index in [9.17, 15) is 4.79 Å². The topological polar surface area (TPSA) is 23.6 Å². The molecule has 0 aliphatic carbocycles. The van der Waals surface area contributed by atoms with Crippen LogP contribution in [0.3, 0.4) is 0 Å². The fraction of sp³-hybridized carbons (Fsp3) is 0.583. The SMILES string of the molecule is CN(C)C1CCCN(C(=O)c2cccs2)C1. The number of hydrogen-bond acceptors (Lipinski definition) is 3.